The normalized spacial score (nSPS) is 17.7. The average Bonchev–Trinajstić information content (AvgIpc) is 2.74. The van der Waals surface area contributed by atoms with Gasteiger partial charge in [-0.2, -0.15) is 10.1 Å². The highest BCUT2D eigenvalue weighted by atomic mass is 35.5. The molecule has 0 aliphatic carbocycles. The lowest BCUT2D eigenvalue weighted by Crippen LogP contribution is -2.35. The van der Waals surface area contributed by atoms with Crippen molar-refractivity contribution in [2.75, 3.05) is 11.3 Å². The molecule has 1 atom stereocenters. The zero-order chi connectivity index (χ0) is 18.2. The van der Waals surface area contributed by atoms with Crippen LogP contribution < -0.4 is 10.3 Å². The molecule has 0 spiro atoms. The first kappa shape index (κ1) is 18.2. The minimum absolute atomic E-state index is 0.0377. The zero-order valence-electron chi connectivity index (χ0n) is 13.3. The molecule has 1 aromatic carbocycles. The maximum atomic E-state index is 12.4. The summed E-state index contributed by atoms with van der Waals surface area (Å²) in [7, 11) is -3.42. The number of halogens is 1. The summed E-state index contributed by atoms with van der Waals surface area (Å²) in [6.07, 6.45) is 1.06. The minimum Gasteiger partial charge on any atom is -0.308 e. The highest BCUT2D eigenvalue weighted by molar-refractivity contribution is 7.90. The molecule has 7 nitrogen and oxygen atoms in total. The number of nitrogens with one attached hydrogen (secondary N) is 1. The third-order valence-corrected chi connectivity index (χ3v) is 4.81. The average molecular weight is 370 g/mol. The van der Waals surface area contributed by atoms with E-state index in [0.29, 0.717) is 0 Å². The van der Waals surface area contributed by atoms with E-state index in [1.165, 1.54) is 25.1 Å². The summed E-state index contributed by atoms with van der Waals surface area (Å²) in [5.74, 6) is -1.31. The molecular formula is C15H16ClN3O4S. The van der Waals surface area contributed by atoms with Crippen LogP contribution in [0, 0.1) is 5.92 Å². The summed E-state index contributed by atoms with van der Waals surface area (Å²) in [6.45, 7) is 6.66. The summed E-state index contributed by atoms with van der Waals surface area (Å²) in [4.78, 5) is 24.1. The van der Waals surface area contributed by atoms with Gasteiger partial charge in [-0.25, -0.2) is 8.42 Å². The molecule has 0 fully saturated rings. The number of carbonyl (C=O) groups is 2. The molecule has 0 saturated carbocycles. The highest BCUT2D eigenvalue weighted by Gasteiger charge is 2.35. The third-order valence-electron chi connectivity index (χ3n) is 3.40. The maximum Gasteiger partial charge on any atom is 0.258 e. The van der Waals surface area contributed by atoms with Crippen molar-refractivity contribution in [2.24, 2.45) is 11.0 Å². The molecule has 1 aliphatic rings. The summed E-state index contributed by atoms with van der Waals surface area (Å²) in [5, 5.41) is 7.73. The number of nitrogens with zero attached hydrogens (tertiary/aromatic N) is 2. The fourth-order valence-corrected chi connectivity index (χ4v) is 2.94. The van der Waals surface area contributed by atoms with Gasteiger partial charge < -0.3 is 5.32 Å². The van der Waals surface area contributed by atoms with Gasteiger partial charge in [-0.05, 0) is 32.0 Å². The highest BCUT2D eigenvalue weighted by Crippen LogP contribution is 2.32. The lowest BCUT2D eigenvalue weighted by Gasteiger charge is -2.14. The molecule has 1 aromatic rings. The van der Waals surface area contributed by atoms with E-state index in [4.69, 9.17) is 11.6 Å². The van der Waals surface area contributed by atoms with Crippen LogP contribution in [0.4, 0.5) is 5.69 Å². The van der Waals surface area contributed by atoms with Crippen LogP contribution >= 0.6 is 11.6 Å². The van der Waals surface area contributed by atoms with Gasteiger partial charge >= 0.3 is 0 Å². The molecule has 0 saturated heterocycles. The molecule has 1 N–H and O–H groups in total. The molecule has 1 aliphatic heterocycles. The Kier molecular flexibility index (Phi) is 4.82. The summed E-state index contributed by atoms with van der Waals surface area (Å²) < 4.78 is 23.1. The standard InChI is InChI=1S/C15H16ClN3O4S/c1-8(2)14(20)17-13-9(3)15(21)19(18-13)12-6-5-10(7-11(12)16)24(4,22)23/h5-7,9H,1H2,2-4H3,(H,17,18,20). The Bertz CT molecular complexity index is 877. The van der Waals surface area contributed by atoms with E-state index in [2.05, 4.69) is 17.0 Å². The van der Waals surface area contributed by atoms with Crippen LogP contribution in [-0.2, 0) is 19.4 Å². The van der Waals surface area contributed by atoms with Gasteiger partial charge in [0.2, 0.25) is 0 Å². The van der Waals surface area contributed by atoms with E-state index in [-0.39, 0.29) is 32.9 Å². The molecule has 1 heterocycles. The molecule has 0 bridgehead atoms. The molecule has 2 amide bonds. The fraction of sp³-hybridized carbons (Fsp3) is 0.267. The Balaban J connectivity index is 2.38. The van der Waals surface area contributed by atoms with Crippen molar-refractivity contribution < 1.29 is 18.0 Å². The van der Waals surface area contributed by atoms with Gasteiger partial charge in [-0.3, -0.25) is 9.59 Å². The van der Waals surface area contributed by atoms with E-state index in [1.54, 1.807) is 6.92 Å². The van der Waals surface area contributed by atoms with E-state index in [0.717, 1.165) is 11.3 Å². The van der Waals surface area contributed by atoms with Gasteiger partial charge in [0.05, 0.1) is 21.5 Å². The van der Waals surface area contributed by atoms with Crippen LogP contribution in [0.3, 0.4) is 0 Å². The lowest BCUT2D eigenvalue weighted by atomic mass is 10.1. The van der Waals surface area contributed by atoms with Crippen molar-refractivity contribution >= 4 is 44.8 Å². The predicted octanol–water partition coefficient (Wildman–Crippen LogP) is 1.73. The Morgan fingerprint density at radius 2 is 2.04 bits per heavy atom. The van der Waals surface area contributed by atoms with Gasteiger partial charge in [-0.15, -0.1) is 0 Å². The largest absolute Gasteiger partial charge is 0.308 e. The van der Waals surface area contributed by atoms with Crippen molar-refractivity contribution in [3.05, 3.63) is 35.4 Å². The number of rotatable bonds is 3. The van der Waals surface area contributed by atoms with Gasteiger partial charge in [0.25, 0.3) is 11.8 Å². The minimum atomic E-state index is -3.42. The molecule has 9 heteroatoms. The number of hydrogen-bond acceptors (Lipinski definition) is 5. The van der Waals surface area contributed by atoms with Crippen molar-refractivity contribution in [2.45, 2.75) is 18.7 Å². The number of hydrazone groups is 1. The van der Waals surface area contributed by atoms with Crippen LogP contribution in [0.15, 0.2) is 40.3 Å². The number of anilines is 1. The second-order valence-electron chi connectivity index (χ2n) is 5.48. The van der Waals surface area contributed by atoms with Crippen LogP contribution in [0.2, 0.25) is 5.02 Å². The number of hydrogen-bond donors (Lipinski definition) is 1. The smallest absolute Gasteiger partial charge is 0.258 e. The molecule has 128 valence electrons. The van der Waals surface area contributed by atoms with Crippen molar-refractivity contribution in [3.8, 4) is 0 Å². The van der Waals surface area contributed by atoms with Crippen LogP contribution in [0.25, 0.3) is 0 Å². The number of benzene rings is 1. The van der Waals surface area contributed by atoms with Gasteiger partial charge in [0, 0.05) is 11.8 Å². The van der Waals surface area contributed by atoms with Crippen molar-refractivity contribution in [1.82, 2.24) is 5.32 Å². The first-order valence-electron chi connectivity index (χ1n) is 6.91. The molecule has 24 heavy (non-hydrogen) atoms. The number of carbonyl (C=O) groups excluding carboxylic acids is 2. The quantitative estimate of drug-likeness (QED) is 0.820. The molecule has 0 aromatic heterocycles. The Morgan fingerprint density at radius 3 is 2.54 bits per heavy atom. The number of amidine groups is 1. The Labute approximate surface area is 144 Å². The van der Waals surface area contributed by atoms with E-state index >= 15 is 0 Å². The first-order chi connectivity index (χ1) is 11.0. The van der Waals surface area contributed by atoms with Crippen molar-refractivity contribution in [3.63, 3.8) is 0 Å². The zero-order valence-corrected chi connectivity index (χ0v) is 14.9. The lowest BCUT2D eigenvalue weighted by molar-refractivity contribution is -0.119. The molecule has 1 unspecified atom stereocenters. The Hall–Kier alpha value is -2.19. The van der Waals surface area contributed by atoms with E-state index in [1.807, 2.05) is 0 Å². The van der Waals surface area contributed by atoms with Crippen LogP contribution in [-0.4, -0.2) is 32.3 Å². The van der Waals surface area contributed by atoms with Crippen molar-refractivity contribution in [1.29, 1.82) is 0 Å². The number of sulfone groups is 1. The molecule has 0 radical (unpaired) electrons. The predicted molar refractivity (Wildman–Crippen MR) is 91.6 cm³/mol. The summed E-state index contributed by atoms with van der Waals surface area (Å²) in [5.41, 5.74) is 0.520. The van der Waals surface area contributed by atoms with Gasteiger partial charge in [0.1, 0.15) is 5.84 Å². The van der Waals surface area contributed by atoms with E-state index in [9.17, 15) is 18.0 Å². The number of amides is 2. The topological polar surface area (TPSA) is 95.9 Å². The van der Waals surface area contributed by atoms with Gasteiger partial charge in [-0.1, -0.05) is 18.2 Å². The fourth-order valence-electron chi connectivity index (χ4n) is 1.96. The second kappa shape index (κ2) is 6.37. The molecule has 2 rings (SSSR count). The van der Waals surface area contributed by atoms with Crippen LogP contribution in [0.1, 0.15) is 13.8 Å². The monoisotopic (exact) mass is 369 g/mol. The first-order valence-corrected chi connectivity index (χ1v) is 9.18. The SMILES string of the molecule is C=C(C)C(=O)NC1=NN(c2ccc(S(C)(=O)=O)cc2Cl)C(=O)C1C. The van der Waals surface area contributed by atoms with Crippen LogP contribution in [0.5, 0.6) is 0 Å². The Morgan fingerprint density at radius 1 is 1.42 bits per heavy atom. The third kappa shape index (κ3) is 3.49. The second-order valence-corrected chi connectivity index (χ2v) is 7.90. The summed E-state index contributed by atoms with van der Waals surface area (Å²) >= 11 is 6.10. The van der Waals surface area contributed by atoms with E-state index < -0.39 is 21.7 Å². The maximum absolute atomic E-state index is 12.4. The molecular weight excluding hydrogens is 354 g/mol. The van der Waals surface area contributed by atoms with Gasteiger partial charge in [0.15, 0.2) is 9.84 Å². The summed E-state index contributed by atoms with van der Waals surface area (Å²) in [6, 6.07) is 4.00.